The summed E-state index contributed by atoms with van der Waals surface area (Å²) in [5, 5.41) is 30.0. The number of pyridine rings is 1. The van der Waals surface area contributed by atoms with Crippen molar-refractivity contribution in [3.63, 3.8) is 0 Å². The molecule has 4 heterocycles. The molecule has 5 amide bonds. The number of nitrogens with two attached hydrogens (primary N) is 1. The molecule has 0 spiro atoms. The van der Waals surface area contributed by atoms with Gasteiger partial charge in [0, 0.05) is 62.4 Å². The first kappa shape index (κ1) is 57.4. The van der Waals surface area contributed by atoms with E-state index < -0.39 is 35.7 Å². The molecule has 0 aliphatic carbocycles. The molecule has 0 radical (unpaired) electrons. The number of rotatable bonds is 21. The van der Waals surface area contributed by atoms with Crippen molar-refractivity contribution in [2.75, 3.05) is 32.9 Å². The van der Waals surface area contributed by atoms with E-state index in [1.165, 1.54) is 17.0 Å². The Morgan fingerprint density at radius 1 is 0.960 bits per heavy atom. The lowest BCUT2D eigenvalue weighted by Crippen LogP contribution is -2.59. The number of amides is 5. The number of nitrogen functional groups attached to an aromatic ring is 1. The van der Waals surface area contributed by atoms with Crippen LogP contribution in [0.3, 0.4) is 0 Å². The highest BCUT2D eigenvalue weighted by Gasteiger charge is 2.46. The molecule has 2 bridgehead atoms. The van der Waals surface area contributed by atoms with Crippen LogP contribution in [0.5, 0.6) is 5.75 Å². The minimum absolute atomic E-state index is 0.0850. The predicted molar refractivity (Wildman–Crippen MR) is 285 cm³/mol. The Balaban J connectivity index is 0.962. The largest absolute Gasteiger partial charge is 0.482 e. The Labute approximate surface area is 441 Å². The van der Waals surface area contributed by atoms with Gasteiger partial charge in [-0.15, -0.1) is 0 Å². The highest BCUT2D eigenvalue weighted by atomic mass is 19.1. The molecule has 2 aliphatic rings. The van der Waals surface area contributed by atoms with Gasteiger partial charge in [-0.3, -0.25) is 33.6 Å². The van der Waals surface area contributed by atoms with Gasteiger partial charge in [-0.25, -0.2) is 9.37 Å². The number of nitrogens with one attached hydrogen (secondary N) is 5. The molecule has 404 valence electrons. The normalized spacial score (nSPS) is 17.9. The number of aromatic nitrogens is 3. The Morgan fingerprint density at radius 3 is 2.32 bits per heavy atom. The number of hydrogen-bond acceptors (Lipinski definition) is 12. The fourth-order valence-corrected chi connectivity index (χ4v) is 9.84. The van der Waals surface area contributed by atoms with E-state index in [9.17, 15) is 33.6 Å². The van der Waals surface area contributed by atoms with Crippen LogP contribution in [0.4, 0.5) is 10.2 Å². The molecule has 19 heteroatoms. The Kier molecular flexibility index (Phi) is 20.3. The van der Waals surface area contributed by atoms with Gasteiger partial charge in [0.2, 0.25) is 29.5 Å². The topological polar surface area (TPSA) is 242 Å². The number of hydrogen-bond donors (Lipinski definition) is 6. The monoisotopic (exact) mass is 1030 g/mol. The molecular weight excluding hydrogens is 956 g/mol. The number of nitrogens with zero attached hydrogens (tertiary/aromatic N) is 6. The van der Waals surface area contributed by atoms with Crippen molar-refractivity contribution < 1.29 is 33.1 Å². The number of benzene rings is 2. The van der Waals surface area contributed by atoms with E-state index in [1.54, 1.807) is 37.0 Å². The third kappa shape index (κ3) is 15.3. The van der Waals surface area contributed by atoms with Crippen molar-refractivity contribution in [1.82, 2.24) is 51.1 Å². The molecule has 1 fully saturated rings. The number of ether oxygens (including phenoxy) is 1. The summed E-state index contributed by atoms with van der Waals surface area (Å²) in [4.78, 5) is 75.7. The van der Waals surface area contributed by atoms with Crippen LogP contribution < -0.4 is 37.1 Å². The summed E-state index contributed by atoms with van der Waals surface area (Å²) < 4.78 is 22.4. The minimum atomic E-state index is -0.914. The molecule has 75 heavy (non-hydrogen) atoms. The van der Waals surface area contributed by atoms with Gasteiger partial charge in [-0.1, -0.05) is 89.8 Å². The first-order valence-electron chi connectivity index (χ1n) is 26.4. The van der Waals surface area contributed by atoms with Gasteiger partial charge in [0.25, 0.3) is 0 Å². The van der Waals surface area contributed by atoms with Crippen LogP contribution in [0.1, 0.15) is 146 Å². The molecule has 18 nitrogen and oxygen atoms in total. The van der Waals surface area contributed by atoms with E-state index in [1.807, 2.05) is 72.0 Å². The van der Waals surface area contributed by atoms with Crippen molar-refractivity contribution in [3.8, 4) is 22.9 Å². The van der Waals surface area contributed by atoms with Crippen molar-refractivity contribution in [3.05, 3.63) is 94.7 Å². The molecule has 6 rings (SSSR count). The zero-order valence-corrected chi connectivity index (χ0v) is 44.9. The number of carbonyl (C=O) groups excluding carboxylic acids is 5. The maximum atomic E-state index is 14.5. The highest BCUT2D eigenvalue weighted by Crippen LogP contribution is 2.36. The van der Waals surface area contributed by atoms with Crippen molar-refractivity contribution in [2.24, 2.45) is 5.41 Å². The molecule has 4 aromatic rings. The lowest BCUT2D eigenvalue weighted by Gasteiger charge is -2.36. The number of likely N-dealkylation sites (tertiary alicyclic amines) is 1. The summed E-state index contributed by atoms with van der Waals surface area (Å²) in [5.74, 6) is -1.15. The van der Waals surface area contributed by atoms with Crippen LogP contribution in [0, 0.1) is 22.6 Å². The molecule has 2 aliphatic heterocycles. The number of anilines is 1. The molecule has 0 unspecified atom stereocenters. The maximum absolute atomic E-state index is 14.5. The van der Waals surface area contributed by atoms with Crippen molar-refractivity contribution in [2.45, 2.75) is 162 Å². The molecule has 2 aromatic heterocycles. The van der Waals surface area contributed by atoms with Crippen molar-refractivity contribution in [1.29, 1.82) is 5.26 Å². The van der Waals surface area contributed by atoms with E-state index in [0.717, 1.165) is 42.5 Å². The second kappa shape index (κ2) is 26.5. The third-order valence-corrected chi connectivity index (χ3v) is 14.2. The van der Waals surface area contributed by atoms with Gasteiger partial charge in [-0.05, 0) is 93.9 Å². The second-order valence-electron chi connectivity index (χ2n) is 21.1. The minimum Gasteiger partial charge on any atom is -0.482 e. The molecule has 0 saturated carbocycles. The van der Waals surface area contributed by atoms with Gasteiger partial charge in [0.15, 0.2) is 17.3 Å². The summed E-state index contributed by atoms with van der Waals surface area (Å²) >= 11 is 0. The number of likely N-dealkylation sites (N-methyl/N-ethyl adjacent to an activating group) is 1. The van der Waals surface area contributed by atoms with Gasteiger partial charge in [0.1, 0.15) is 30.1 Å². The molecule has 6 atom stereocenters. The van der Waals surface area contributed by atoms with E-state index in [-0.39, 0.29) is 65.9 Å². The van der Waals surface area contributed by atoms with E-state index in [4.69, 9.17) is 10.5 Å². The standard InChI is InChI=1S/C56H77FN12O6/c1-9-43(37-19-15-14-16-20-37)64-54(73)45-29-41(33-68(45)55(74)51(56(4,5)6)65-53(72)35(2)60-7)63-49(71)22-18-13-11-10-12-17-21-48(70)61-25-26-69-46-34-67(8)32-38-23-24-40(57)28-42(38)36(3)75-47-27-39(31-62-52(47)59)50(46)44(30-58)66-69/h14-16,19-20,23-24,27-28,31,35-36,41,43,45,51,60H,9-13,17-18,21-22,25-26,29,32-34H2,1-8H3,(H2,59,62)(H,61,70)(H,63,71)(H,64,73)(H,65,72)/t35-,36+,41-,43+,45-,51+/m0/s1. The van der Waals surface area contributed by atoms with E-state index in [0.29, 0.717) is 80.7 Å². The summed E-state index contributed by atoms with van der Waals surface area (Å²) in [7, 11) is 3.61. The number of unbranched alkanes of at least 4 members (excludes halogenated alkanes) is 5. The van der Waals surface area contributed by atoms with Crippen LogP contribution in [0.25, 0.3) is 11.1 Å². The Hall–Kier alpha value is -6.91. The van der Waals surface area contributed by atoms with Crippen LogP contribution in [0.15, 0.2) is 60.8 Å². The van der Waals surface area contributed by atoms with Crippen LogP contribution in [-0.2, 0) is 43.6 Å². The SMILES string of the molecule is CC[C@@H](NC(=O)[C@@H]1C[C@H](NC(=O)CCCCCCCCC(=O)NCCn2nc(C#N)c3c2CN(C)Cc2ccc(F)cc2[C@@H](C)Oc2cc-3cnc2N)CN1C(=O)[C@@H](NC(=O)[C@H](C)NC)C(C)(C)C)c1ccccc1. The summed E-state index contributed by atoms with van der Waals surface area (Å²) in [5.41, 5.74) is 10.2. The lowest BCUT2D eigenvalue weighted by molar-refractivity contribution is -0.144. The van der Waals surface area contributed by atoms with Gasteiger partial charge < -0.3 is 42.0 Å². The molecule has 1 saturated heterocycles. The maximum Gasteiger partial charge on any atom is 0.246 e. The average Bonchev–Trinajstić information content (AvgIpc) is 3.96. The summed E-state index contributed by atoms with van der Waals surface area (Å²) in [6.07, 6.45) is 7.43. The molecular formula is C56H77FN12O6. The van der Waals surface area contributed by atoms with E-state index in [2.05, 4.69) is 47.6 Å². The first-order valence-corrected chi connectivity index (χ1v) is 26.4. The number of halogens is 1. The molecule has 2 aromatic carbocycles. The number of fused-ring (bicyclic) bond motifs is 5. The van der Waals surface area contributed by atoms with Gasteiger partial charge in [0.05, 0.1) is 24.3 Å². The fraction of sp³-hybridized carbons (Fsp3) is 0.536. The quantitative estimate of drug-likeness (QED) is 0.0501. The van der Waals surface area contributed by atoms with Gasteiger partial charge >= 0.3 is 0 Å². The van der Waals surface area contributed by atoms with Gasteiger partial charge in [-0.2, -0.15) is 10.4 Å². The second-order valence-corrected chi connectivity index (χ2v) is 21.1. The molecule has 7 N–H and O–H groups in total. The van der Waals surface area contributed by atoms with Crippen LogP contribution in [-0.4, -0.2) is 105 Å². The van der Waals surface area contributed by atoms with Crippen molar-refractivity contribution >= 4 is 35.4 Å². The highest BCUT2D eigenvalue weighted by molar-refractivity contribution is 5.94. The lowest BCUT2D eigenvalue weighted by atomic mass is 9.85. The van der Waals surface area contributed by atoms with Crippen LogP contribution in [0.2, 0.25) is 0 Å². The summed E-state index contributed by atoms with van der Waals surface area (Å²) in [6, 6.07) is 15.2. The Morgan fingerprint density at radius 2 is 1.65 bits per heavy atom. The van der Waals surface area contributed by atoms with Crippen LogP contribution >= 0.6 is 0 Å². The Bertz CT molecular complexity index is 2670. The average molecular weight is 1030 g/mol. The zero-order chi connectivity index (χ0) is 54.4. The number of carbonyl (C=O) groups is 5. The first-order chi connectivity index (χ1) is 35.8. The summed E-state index contributed by atoms with van der Waals surface area (Å²) in [6.45, 7) is 12.7. The fourth-order valence-electron chi connectivity index (χ4n) is 9.84. The third-order valence-electron chi connectivity index (χ3n) is 14.2. The smallest absolute Gasteiger partial charge is 0.246 e. The number of nitriles is 1. The zero-order valence-electron chi connectivity index (χ0n) is 44.9. The van der Waals surface area contributed by atoms with E-state index >= 15 is 0 Å². The predicted octanol–water partition coefficient (Wildman–Crippen LogP) is 6.35.